The summed E-state index contributed by atoms with van der Waals surface area (Å²) >= 11 is 6.27. The van der Waals surface area contributed by atoms with E-state index in [1.165, 1.54) is 36.1 Å². The molecule has 0 saturated heterocycles. The van der Waals surface area contributed by atoms with Crippen LogP contribution < -0.4 is 9.62 Å². The lowest BCUT2D eigenvalue weighted by atomic mass is 10.1. The maximum absolute atomic E-state index is 14.0. The highest BCUT2D eigenvalue weighted by Crippen LogP contribution is 2.37. The molecule has 0 bridgehead atoms. The molecule has 0 saturated carbocycles. The average Bonchev–Trinajstić information content (AvgIpc) is 2.89. The Labute approximate surface area is 249 Å². The Bertz CT molecular complexity index is 1540. The molecule has 0 aliphatic rings. The molecule has 3 aromatic rings. The second-order valence-corrected chi connectivity index (χ2v) is 13.2. The number of hydrogen-bond donors (Lipinski definition) is 1. The lowest BCUT2D eigenvalue weighted by Gasteiger charge is -2.33. The second kappa shape index (κ2) is 12.7. The number of nitrogens with one attached hydrogen (secondary N) is 1. The maximum Gasteiger partial charge on any atom is 0.416 e. The molecule has 1 atom stereocenters. The second-order valence-electron chi connectivity index (χ2n) is 10.9. The molecule has 3 aromatic carbocycles. The van der Waals surface area contributed by atoms with E-state index in [-0.39, 0.29) is 16.5 Å². The fraction of sp³-hybridized carbons (Fsp3) is 0.333. The van der Waals surface area contributed by atoms with Gasteiger partial charge in [0.05, 0.1) is 21.2 Å². The van der Waals surface area contributed by atoms with E-state index in [1.807, 2.05) is 19.1 Å². The number of alkyl halides is 3. The highest BCUT2D eigenvalue weighted by atomic mass is 35.5. The molecule has 1 N–H and O–H groups in total. The number of amides is 2. The third-order valence-electron chi connectivity index (χ3n) is 6.25. The van der Waals surface area contributed by atoms with Crippen molar-refractivity contribution >= 4 is 39.1 Å². The third kappa shape index (κ3) is 8.25. The van der Waals surface area contributed by atoms with Crippen molar-refractivity contribution in [2.24, 2.45) is 0 Å². The van der Waals surface area contributed by atoms with Gasteiger partial charge in [0.25, 0.3) is 10.0 Å². The quantitative estimate of drug-likeness (QED) is 0.308. The van der Waals surface area contributed by atoms with E-state index in [0.717, 1.165) is 17.7 Å². The van der Waals surface area contributed by atoms with Gasteiger partial charge in [-0.2, -0.15) is 13.2 Å². The van der Waals surface area contributed by atoms with Crippen LogP contribution in [0.25, 0.3) is 0 Å². The van der Waals surface area contributed by atoms with Crippen molar-refractivity contribution < 1.29 is 31.2 Å². The fourth-order valence-electron chi connectivity index (χ4n) is 4.18. The number of hydrogen-bond acceptors (Lipinski definition) is 4. The Kier molecular flexibility index (Phi) is 10.00. The lowest BCUT2D eigenvalue weighted by molar-refractivity contribution is -0.140. The molecule has 2 amide bonds. The van der Waals surface area contributed by atoms with Gasteiger partial charge < -0.3 is 10.2 Å². The number of rotatable bonds is 9. The van der Waals surface area contributed by atoms with Gasteiger partial charge in [0.15, 0.2) is 0 Å². The first-order valence-electron chi connectivity index (χ1n) is 13.0. The first-order valence-corrected chi connectivity index (χ1v) is 14.8. The van der Waals surface area contributed by atoms with Crippen LogP contribution in [0, 0.1) is 6.92 Å². The first kappa shape index (κ1) is 32.9. The molecular weight excluding hydrogens is 591 g/mol. The normalized spacial score (nSPS) is 12.9. The van der Waals surface area contributed by atoms with Crippen LogP contribution in [0.1, 0.15) is 44.4 Å². The summed E-state index contributed by atoms with van der Waals surface area (Å²) in [7, 11) is -4.59. The summed E-state index contributed by atoms with van der Waals surface area (Å²) in [6, 6.07) is 15.4. The Morgan fingerprint density at radius 1 is 0.952 bits per heavy atom. The summed E-state index contributed by atoms with van der Waals surface area (Å²) in [4.78, 5) is 28.1. The van der Waals surface area contributed by atoms with Gasteiger partial charge in [-0.05, 0) is 70.5 Å². The van der Waals surface area contributed by atoms with Crippen LogP contribution >= 0.6 is 11.6 Å². The van der Waals surface area contributed by atoms with Crippen molar-refractivity contribution in [2.75, 3.05) is 10.8 Å². The molecule has 7 nitrogen and oxygen atoms in total. The fourth-order valence-corrected chi connectivity index (χ4v) is 5.89. The van der Waals surface area contributed by atoms with Crippen LogP contribution in [-0.4, -0.2) is 43.3 Å². The van der Waals surface area contributed by atoms with Crippen LogP contribution in [-0.2, 0) is 32.3 Å². The Hall–Kier alpha value is -3.57. The van der Waals surface area contributed by atoms with E-state index >= 15 is 0 Å². The van der Waals surface area contributed by atoms with Crippen LogP contribution in [0.3, 0.4) is 0 Å². The minimum Gasteiger partial charge on any atom is -0.350 e. The molecule has 3 rings (SSSR count). The molecule has 0 unspecified atom stereocenters. The van der Waals surface area contributed by atoms with Gasteiger partial charge in [-0.15, -0.1) is 0 Å². The number of nitrogens with zero attached hydrogens (tertiary/aromatic N) is 2. The number of sulfonamides is 1. The van der Waals surface area contributed by atoms with Crippen LogP contribution in [0.4, 0.5) is 18.9 Å². The topological polar surface area (TPSA) is 86.8 Å². The summed E-state index contributed by atoms with van der Waals surface area (Å²) < 4.78 is 69.2. The molecule has 12 heteroatoms. The molecule has 0 radical (unpaired) electrons. The molecule has 0 spiro atoms. The smallest absolute Gasteiger partial charge is 0.350 e. The maximum atomic E-state index is 14.0. The van der Waals surface area contributed by atoms with Crippen LogP contribution in [0.2, 0.25) is 5.02 Å². The van der Waals surface area contributed by atoms with Crippen molar-refractivity contribution in [3.05, 3.63) is 94.5 Å². The Morgan fingerprint density at radius 2 is 1.60 bits per heavy atom. The zero-order valence-electron chi connectivity index (χ0n) is 23.9. The van der Waals surface area contributed by atoms with E-state index in [0.29, 0.717) is 15.9 Å². The monoisotopic (exact) mass is 623 g/mol. The van der Waals surface area contributed by atoms with E-state index < -0.39 is 57.4 Å². The largest absolute Gasteiger partial charge is 0.416 e. The minimum atomic E-state index is -4.80. The molecule has 0 fully saturated rings. The summed E-state index contributed by atoms with van der Waals surface area (Å²) in [5.41, 5.74) is -0.718. The predicted molar refractivity (Wildman–Crippen MR) is 157 cm³/mol. The summed E-state index contributed by atoms with van der Waals surface area (Å²) in [5.74, 6) is -1.31. The van der Waals surface area contributed by atoms with Crippen molar-refractivity contribution in [3.8, 4) is 0 Å². The van der Waals surface area contributed by atoms with E-state index in [1.54, 1.807) is 39.0 Å². The zero-order chi connectivity index (χ0) is 31.5. The number of halogens is 4. The number of carbonyl (C=O) groups excluding carboxylic acids is 2. The summed E-state index contributed by atoms with van der Waals surface area (Å²) in [6.45, 7) is 7.69. The molecule has 0 heterocycles. The number of anilines is 1. The van der Waals surface area contributed by atoms with Crippen molar-refractivity contribution in [1.82, 2.24) is 10.2 Å². The van der Waals surface area contributed by atoms with E-state index in [4.69, 9.17) is 11.6 Å². The standard InChI is InChI=1S/C30H33ClF3N3O4S/c1-20-10-9-11-22(16-20)18-36(21(2)28(39)35-29(3,4)5)27(38)19-37(42(40,41)24-12-7-6-8-13-24)26-17-23(30(32,33)34)14-15-25(26)31/h6-17,21H,18-19H2,1-5H3,(H,35,39)/t21-/m1/s1. The van der Waals surface area contributed by atoms with Gasteiger partial charge in [0, 0.05) is 12.1 Å². The molecule has 0 aliphatic carbocycles. The molecule has 0 aliphatic heterocycles. The summed E-state index contributed by atoms with van der Waals surface area (Å²) in [6.07, 6.45) is -4.80. The molecule has 42 heavy (non-hydrogen) atoms. The molecule has 0 aromatic heterocycles. The van der Waals surface area contributed by atoms with Gasteiger partial charge >= 0.3 is 6.18 Å². The highest BCUT2D eigenvalue weighted by molar-refractivity contribution is 7.92. The zero-order valence-corrected chi connectivity index (χ0v) is 25.4. The number of aryl methyl sites for hydroxylation is 1. The van der Waals surface area contributed by atoms with Crippen molar-refractivity contribution in [1.29, 1.82) is 0 Å². The van der Waals surface area contributed by atoms with E-state index in [2.05, 4.69) is 5.32 Å². The van der Waals surface area contributed by atoms with Gasteiger partial charge in [-0.3, -0.25) is 13.9 Å². The van der Waals surface area contributed by atoms with Gasteiger partial charge in [-0.1, -0.05) is 59.6 Å². The summed E-state index contributed by atoms with van der Waals surface area (Å²) in [5, 5.41) is 2.51. The van der Waals surface area contributed by atoms with Crippen LogP contribution in [0.15, 0.2) is 77.7 Å². The predicted octanol–water partition coefficient (Wildman–Crippen LogP) is 6.19. The Morgan fingerprint density at radius 3 is 2.17 bits per heavy atom. The van der Waals surface area contributed by atoms with Gasteiger partial charge in [-0.25, -0.2) is 8.42 Å². The van der Waals surface area contributed by atoms with Crippen LogP contribution in [0.5, 0.6) is 0 Å². The van der Waals surface area contributed by atoms with E-state index in [9.17, 15) is 31.2 Å². The van der Waals surface area contributed by atoms with Gasteiger partial charge in [0.2, 0.25) is 11.8 Å². The van der Waals surface area contributed by atoms with Crippen molar-refractivity contribution in [3.63, 3.8) is 0 Å². The van der Waals surface area contributed by atoms with Gasteiger partial charge in [0.1, 0.15) is 12.6 Å². The number of benzene rings is 3. The molecule has 226 valence electrons. The average molecular weight is 624 g/mol. The highest BCUT2D eigenvalue weighted by Gasteiger charge is 2.36. The SMILES string of the molecule is Cc1cccc(CN(C(=O)CN(c2cc(C(F)(F)F)ccc2Cl)S(=O)(=O)c2ccccc2)[C@H](C)C(=O)NC(C)(C)C)c1. The first-order chi connectivity index (χ1) is 19.4. The lowest BCUT2D eigenvalue weighted by Crippen LogP contribution is -2.54. The number of carbonyl (C=O) groups is 2. The van der Waals surface area contributed by atoms with Crippen molar-refractivity contribution in [2.45, 2.75) is 63.8 Å². The minimum absolute atomic E-state index is 0.0607. The molecular formula is C30H33ClF3N3O4S. The third-order valence-corrected chi connectivity index (χ3v) is 8.35. The Balaban J connectivity index is 2.14.